The zero-order valence-electron chi connectivity index (χ0n) is 11.7. The molecule has 0 aromatic heterocycles. The average molecular weight is 253 g/mol. The topological polar surface area (TPSA) is 43.1 Å². The summed E-state index contributed by atoms with van der Waals surface area (Å²) in [6.45, 7) is 6.02. The second kappa shape index (κ2) is 5.27. The highest BCUT2D eigenvalue weighted by atomic mass is 16.1. The number of carbonyl (C=O) groups is 1. The quantitative estimate of drug-likeness (QED) is 0.670. The smallest absolute Gasteiger partial charge is 0.167 e. The van der Waals surface area contributed by atoms with Crippen LogP contribution in [0, 0.1) is 20.8 Å². The maximum absolute atomic E-state index is 12.3. The lowest BCUT2D eigenvalue weighted by atomic mass is 9.95. The van der Waals surface area contributed by atoms with E-state index in [0.717, 1.165) is 22.3 Å². The number of Topliss-reactive ketones (excluding diaryl/α,β-unsaturated/α-hetero) is 1. The number of nitrogens with two attached hydrogens (primary N) is 1. The van der Waals surface area contributed by atoms with E-state index < -0.39 is 0 Å². The zero-order valence-corrected chi connectivity index (χ0v) is 11.7. The number of aryl methyl sites for hydroxylation is 3. The normalized spacial score (nSPS) is 10.5. The molecule has 0 amide bonds. The fourth-order valence-electron chi connectivity index (χ4n) is 2.20. The minimum absolute atomic E-state index is 0.115. The van der Waals surface area contributed by atoms with Crippen LogP contribution in [-0.2, 0) is 6.42 Å². The molecular weight excluding hydrogens is 234 g/mol. The number of hydrogen-bond acceptors (Lipinski definition) is 2. The second-order valence-corrected chi connectivity index (χ2v) is 5.04. The van der Waals surface area contributed by atoms with Gasteiger partial charge in [-0.25, -0.2) is 0 Å². The molecule has 0 saturated heterocycles. The molecule has 2 rings (SSSR count). The van der Waals surface area contributed by atoms with Crippen LogP contribution in [0.4, 0.5) is 5.69 Å². The molecule has 0 radical (unpaired) electrons. The van der Waals surface area contributed by atoms with Gasteiger partial charge in [-0.2, -0.15) is 0 Å². The molecule has 0 aliphatic heterocycles. The fourth-order valence-corrected chi connectivity index (χ4v) is 2.20. The SMILES string of the molecule is Cc1ccc(C(=O)Cc2c(C)cccc2C)cc1N. The van der Waals surface area contributed by atoms with Crippen LogP contribution in [0.1, 0.15) is 32.6 Å². The maximum Gasteiger partial charge on any atom is 0.167 e. The monoisotopic (exact) mass is 253 g/mol. The van der Waals surface area contributed by atoms with Gasteiger partial charge in [0.25, 0.3) is 0 Å². The van der Waals surface area contributed by atoms with Crippen LogP contribution in [0.15, 0.2) is 36.4 Å². The molecule has 0 saturated carbocycles. The van der Waals surface area contributed by atoms with Crippen molar-refractivity contribution < 1.29 is 4.79 Å². The third-order valence-electron chi connectivity index (χ3n) is 3.58. The van der Waals surface area contributed by atoms with E-state index in [1.807, 2.05) is 51.1 Å². The third kappa shape index (κ3) is 2.84. The molecule has 0 spiro atoms. The standard InChI is InChI=1S/C17H19NO/c1-11-5-4-6-12(2)15(11)10-17(19)14-8-7-13(3)16(18)9-14/h4-9H,10,18H2,1-3H3. The van der Waals surface area contributed by atoms with Crippen LogP contribution in [0.5, 0.6) is 0 Å². The Labute approximate surface area is 114 Å². The molecule has 98 valence electrons. The number of ketones is 1. The summed E-state index contributed by atoms with van der Waals surface area (Å²) >= 11 is 0. The number of rotatable bonds is 3. The van der Waals surface area contributed by atoms with Gasteiger partial charge >= 0.3 is 0 Å². The summed E-state index contributed by atoms with van der Waals surface area (Å²) in [4.78, 5) is 12.3. The molecule has 2 aromatic rings. The molecule has 0 aliphatic rings. The summed E-state index contributed by atoms with van der Waals surface area (Å²) in [6.07, 6.45) is 0.432. The zero-order chi connectivity index (χ0) is 14.0. The van der Waals surface area contributed by atoms with Crippen molar-refractivity contribution in [1.29, 1.82) is 0 Å². The molecule has 2 N–H and O–H groups in total. The first kappa shape index (κ1) is 13.3. The van der Waals surface area contributed by atoms with Gasteiger partial charge in [-0.1, -0.05) is 30.3 Å². The van der Waals surface area contributed by atoms with E-state index in [4.69, 9.17) is 5.73 Å². The van der Waals surface area contributed by atoms with Crippen molar-refractivity contribution in [1.82, 2.24) is 0 Å². The second-order valence-electron chi connectivity index (χ2n) is 5.04. The summed E-state index contributed by atoms with van der Waals surface area (Å²) in [6, 6.07) is 11.6. The lowest BCUT2D eigenvalue weighted by Crippen LogP contribution is -2.07. The Morgan fingerprint density at radius 3 is 2.21 bits per heavy atom. The Morgan fingerprint density at radius 1 is 1.00 bits per heavy atom. The van der Waals surface area contributed by atoms with Crippen molar-refractivity contribution in [3.05, 3.63) is 64.2 Å². The highest BCUT2D eigenvalue weighted by Crippen LogP contribution is 2.18. The molecule has 0 fully saturated rings. The minimum Gasteiger partial charge on any atom is -0.398 e. The van der Waals surface area contributed by atoms with Crippen LogP contribution in [-0.4, -0.2) is 5.78 Å². The maximum atomic E-state index is 12.3. The van der Waals surface area contributed by atoms with Gasteiger partial charge < -0.3 is 5.73 Å². The molecular formula is C17H19NO. The van der Waals surface area contributed by atoms with E-state index >= 15 is 0 Å². The van der Waals surface area contributed by atoms with Crippen molar-refractivity contribution in [2.45, 2.75) is 27.2 Å². The van der Waals surface area contributed by atoms with Crippen LogP contribution in [0.3, 0.4) is 0 Å². The van der Waals surface area contributed by atoms with E-state index in [-0.39, 0.29) is 5.78 Å². The van der Waals surface area contributed by atoms with Crippen molar-refractivity contribution in [3.63, 3.8) is 0 Å². The van der Waals surface area contributed by atoms with Gasteiger partial charge in [0.2, 0.25) is 0 Å². The third-order valence-corrected chi connectivity index (χ3v) is 3.58. The first-order valence-corrected chi connectivity index (χ1v) is 6.43. The summed E-state index contributed by atoms with van der Waals surface area (Å²) in [5.74, 6) is 0.115. The van der Waals surface area contributed by atoms with Gasteiger partial charge in [-0.15, -0.1) is 0 Å². The predicted octanol–water partition coefficient (Wildman–Crippen LogP) is 3.62. The Balaban J connectivity index is 2.28. The van der Waals surface area contributed by atoms with Crippen LogP contribution in [0.2, 0.25) is 0 Å². The van der Waals surface area contributed by atoms with Crippen molar-refractivity contribution in [3.8, 4) is 0 Å². The Morgan fingerprint density at radius 2 is 1.63 bits per heavy atom. The van der Waals surface area contributed by atoms with Crippen LogP contribution >= 0.6 is 0 Å². The molecule has 2 aromatic carbocycles. The first-order chi connectivity index (χ1) is 8.99. The van der Waals surface area contributed by atoms with Gasteiger partial charge in [-0.05, 0) is 49.1 Å². The van der Waals surface area contributed by atoms with E-state index in [1.165, 1.54) is 0 Å². The van der Waals surface area contributed by atoms with E-state index in [1.54, 1.807) is 6.07 Å². The lowest BCUT2D eigenvalue weighted by Gasteiger charge is -2.09. The number of carbonyl (C=O) groups excluding carboxylic acids is 1. The molecule has 0 heterocycles. The Hall–Kier alpha value is -2.09. The molecule has 0 unspecified atom stereocenters. The molecule has 0 bridgehead atoms. The van der Waals surface area contributed by atoms with Gasteiger partial charge in [-0.3, -0.25) is 4.79 Å². The lowest BCUT2D eigenvalue weighted by molar-refractivity contribution is 0.0992. The van der Waals surface area contributed by atoms with Gasteiger partial charge in [0.05, 0.1) is 0 Å². The summed E-state index contributed by atoms with van der Waals surface area (Å²) < 4.78 is 0. The number of hydrogen-bond donors (Lipinski definition) is 1. The summed E-state index contributed by atoms with van der Waals surface area (Å²) in [5.41, 5.74) is 11.7. The average Bonchev–Trinajstić information content (AvgIpc) is 2.37. The Bertz CT molecular complexity index is 609. The van der Waals surface area contributed by atoms with Crippen molar-refractivity contribution in [2.24, 2.45) is 0 Å². The van der Waals surface area contributed by atoms with Gasteiger partial charge in [0, 0.05) is 17.7 Å². The molecule has 0 atom stereocenters. The minimum atomic E-state index is 0.115. The highest BCUT2D eigenvalue weighted by molar-refractivity contribution is 5.98. The molecule has 19 heavy (non-hydrogen) atoms. The molecule has 0 aliphatic carbocycles. The van der Waals surface area contributed by atoms with Gasteiger partial charge in [0.15, 0.2) is 5.78 Å². The molecule has 2 nitrogen and oxygen atoms in total. The fraction of sp³-hybridized carbons (Fsp3) is 0.235. The van der Waals surface area contributed by atoms with E-state index in [2.05, 4.69) is 0 Å². The highest BCUT2D eigenvalue weighted by Gasteiger charge is 2.11. The summed E-state index contributed by atoms with van der Waals surface area (Å²) in [5, 5.41) is 0. The van der Waals surface area contributed by atoms with E-state index in [9.17, 15) is 4.79 Å². The first-order valence-electron chi connectivity index (χ1n) is 6.43. The predicted molar refractivity (Wildman–Crippen MR) is 79.5 cm³/mol. The largest absolute Gasteiger partial charge is 0.398 e. The van der Waals surface area contributed by atoms with E-state index in [0.29, 0.717) is 17.7 Å². The summed E-state index contributed by atoms with van der Waals surface area (Å²) in [7, 11) is 0. The molecule has 2 heteroatoms. The van der Waals surface area contributed by atoms with Crippen molar-refractivity contribution in [2.75, 3.05) is 5.73 Å². The van der Waals surface area contributed by atoms with Gasteiger partial charge in [0.1, 0.15) is 0 Å². The van der Waals surface area contributed by atoms with Crippen molar-refractivity contribution >= 4 is 11.5 Å². The number of benzene rings is 2. The number of nitrogen functional groups attached to an aromatic ring is 1. The Kier molecular flexibility index (Phi) is 3.70. The van der Waals surface area contributed by atoms with Crippen LogP contribution in [0.25, 0.3) is 0 Å². The number of anilines is 1. The van der Waals surface area contributed by atoms with Crippen LogP contribution < -0.4 is 5.73 Å².